The second-order valence-electron chi connectivity index (χ2n) is 4.48. The fourth-order valence-electron chi connectivity index (χ4n) is 1.85. The van der Waals surface area contributed by atoms with E-state index in [4.69, 9.17) is 0 Å². The number of nitro groups is 1. The quantitative estimate of drug-likeness (QED) is 0.366. The van der Waals surface area contributed by atoms with Crippen LogP contribution in [-0.2, 0) is 0 Å². The van der Waals surface area contributed by atoms with Gasteiger partial charge in [-0.05, 0) is 38.6 Å². The van der Waals surface area contributed by atoms with Crippen molar-refractivity contribution in [2.24, 2.45) is 0 Å². The second-order valence-corrected chi connectivity index (χ2v) is 4.48. The Labute approximate surface area is 124 Å². The molecule has 1 rings (SSSR count). The van der Waals surface area contributed by atoms with Gasteiger partial charge in [-0.3, -0.25) is 14.9 Å². The number of anilines is 1. The van der Waals surface area contributed by atoms with Gasteiger partial charge in [0.25, 0.3) is 11.6 Å². The Balaban J connectivity index is 2.75. The van der Waals surface area contributed by atoms with Crippen LogP contribution < -0.4 is 16.0 Å². The smallest absolute Gasteiger partial charge is 0.293 e. The topological polar surface area (TPSA) is 96.3 Å². The van der Waals surface area contributed by atoms with Crippen molar-refractivity contribution in [3.05, 3.63) is 33.9 Å². The summed E-state index contributed by atoms with van der Waals surface area (Å²) >= 11 is 0. The number of benzene rings is 1. The van der Waals surface area contributed by atoms with Crippen LogP contribution in [0.4, 0.5) is 11.4 Å². The van der Waals surface area contributed by atoms with E-state index in [1.54, 1.807) is 19.1 Å². The molecule has 0 saturated heterocycles. The molecule has 0 aliphatic rings. The van der Waals surface area contributed by atoms with Gasteiger partial charge >= 0.3 is 0 Å². The highest BCUT2D eigenvalue weighted by Crippen LogP contribution is 2.25. The van der Waals surface area contributed by atoms with Crippen molar-refractivity contribution in [1.29, 1.82) is 0 Å². The fourth-order valence-corrected chi connectivity index (χ4v) is 1.85. The summed E-state index contributed by atoms with van der Waals surface area (Å²) in [5.74, 6) is -0.306. The summed E-state index contributed by atoms with van der Waals surface area (Å²) in [6, 6.07) is 4.47. The average molecular weight is 294 g/mol. The van der Waals surface area contributed by atoms with E-state index in [-0.39, 0.29) is 11.6 Å². The summed E-state index contributed by atoms with van der Waals surface area (Å²) in [5.41, 5.74) is 0.647. The van der Waals surface area contributed by atoms with Crippen molar-refractivity contribution in [2.45, 2.75) is 20.3 Å². The molecule has 1 amide bonds. The summed E-state index contributed by atoms with van der Waals surface area (Å²) < 4.78 is 0. The Bertz CT molecular complexity index is 491. The van der Waals surface area contributed by atoms with Crippen LogP contribution >= 0.6 is 0 Å². The summed E-state index contributed by atoms with van der Waals surface area (Å²) in [6.45, 7) is 6.70. The van der Waals surface area contributed by atoms with Crippen molar-refractivity contribution in [1.82, 2.24) is 10.6 Å². The molecule has 0 spiro atoms. The highest BCUT2D eigenvalue weighted by molar-refractivity contribution is 5.95. The van der Waals surface area contributed by atoms with Crippen LogP contribution in [-0.4, -0.2) is 37.0 Å². The highest BCUT2D eigenvalue weighted by Gasteiger charge is 2.16. The molecule has 0 aliphatic carbocycles. The van der Waals surface area contributed by atoms with E-state index in [0.29, 0.717) is 24.3 Å². The number of amides is 1. The molecular weight excluding hydrogens is 272 g/mol. The number of carbonyl (C=O) groups is 1. The third-order valence-electron chi connectivity index (χ3n) is 2.89. The zero-order valence-electron chi connectivity index (χ0n) is 12.4. The Morgan fingerprint density at radius 3 is 2.62 bits per heavy atom. The molecule has 3 N–H and O–H groups in total. The third-order valence-corrected chi connectivity index (χ3v) is 2.89. The number of rotatable bonds is 9. The van der Waals surface area contributed by atoms with E-state index in [1.165, 1.54) is 6.07 Å². The van der Waals surface area contributed by atoms with Crippen LogP contribution in [0.2, 0.25) is 0 Å². The van der Waals surface area contributed by atoms with E-state index in [9.17, 15) is 14.9 Å². The first-order valence-electron chi connectivity index (χ1n) is 7.11. The average Bonchev–Trinajstić information content (AvgIpc) is 2.47. The van der Waals surface area contributed by atoms with Crippen molar-refractivity contribution in [3.63, 3.8) is 0 Å². The number of hydrogen-bond acceptors (Lipinski definition) is 5. The number of nitrogens with one attached hydrogen (secondary N) is 3. The minimum absolute atomic E-state index is 0.0813. The van der Waals surface area contributed by atoms with Gasteiger partial charge in [0, 0.05) is 24.7 Å². The van der Waals surface area contributed by atoms with Gasteiger partial charge < -0.3 is 16.0 Å². The van der Waals surface area contributed by atoms with Gasteiger partial charge in [0.05, 0.1) is 4.92 Å². The van der Waals surface area contributed by atoms with Crippen LogP contribution in [0.15, 0.2) is 18.2 Å². The predicted molar refractivity (Wildman–Crippen MR) is 82.8 cm³/mol. The molecule has 0 aromatic heterocycles. The van der Waals surface area contributed by atoms with Gasteiger partial charge in [0.2, 0.25) is 0 Å². The molecule has 0 atom stereocenters. The zero-order chi connectivity index (χ0) is 15.7. The van der Waals surface area contributed by atoms with Gasteiger partial charge in [-0.25, -0.2) is 0 Å². The number of hydrogen-bond donors (Lipinski definition) is 3. The van der Waals surface area contributed by atoms with E-state index < -0.39 is 4.92 Å². The largest absolute Gasteiger partial charge is 0.379 e. The normalized spacial score (nSPS) is 10.2. The van der Waals surface area contributed by atoms with Gasteiger partial charge in [0.15, 0.2) is 0 Å². The summed E-state index contributed by atoms with van der Waals surface area (Å²) in [5, 5.41) is 20.0. The second kappa shape index (κ2) is 8.91. The molecule has 0 unspecified atom stereocenters. The Hall–Kier alpha value is -2.15. The fraction of sp³-hybridized carbons (Fsp3) is 0.500. The molecule has 7 nitrogen and oxygen atoms in total. The van der Waals surface area contributed by atoms with E-state index in [1.807, 2.05) is 6.92 Å². The molecule has 0 radical (unpaired) electrons. The lowest BCUT2D eigenvalue weighted by molar-refractivity contribution is -0.384. The van der Waals surface area contributed by atoms with Crippen LogP contribution in [0.25, 0.3) is 0 Å². The number of nitrogens with zero attached hydrogens (tertiary/aromatic N) is 1. The SMILES string of the molecule is CCNCCCNc1ccc(C(=O)NCC)cc1[N+](=O)[O-]. The molecule has 0 bridgehead atoms. The zero-order valence-corrected chi connectivity index (χ0v) is 12.4. The first kappa shape index (κ1) is 16.9. The number of carbonyl (C=O) groups excluding carboxylic acids is 1. The van der Waals surface area contributed by atoms with Gasteiger partial charge in [-0.2, -0.15) is 0 Å². The van der Waals surface area contributed by atoms with Gasteiger partial charge in [0.1, 0.15) is 5.69 Å². The Kier molecular flexibility index (Phi) is 7.17. The van der Waals surface area contributed by atoms with E-state index in [0.717, 1.165) is 19.5 Å². The molecule has 21 heavy (non-hydrogen) atoms. The third kappa shape index (κ3) is 5.39. The molecular formula is C14H22N4O3. The maximum atomic E-state index is 11.7. The molecule has 0 fully saturated rings. The summed E-state index contributed by atoms with van der Waals surface area (Å²) in [4.78, 5) is 22.3. The molecule has 7 heteroatoms. The van der Waals surface area contributed by atoms with Crippen LogP contribution in [0.1, 0.15) is 30.6 Å². The Morgan fingerprint density at radius 1 is 1.24 bits per heavy atom. The minimum Gasteiger partial charge on any atom is -0.379 e. The molecule has 1 aromatic rings. The first-order valence-corrected chi connectivity index (χ1v) is 7.11. The van der Waals surface area contributed by atoms with Crippen LogP contribution in [0, 0.1) is 10.1 Å². The predicted octanol–water partition coefficient (Wildman–Crippen LogP) is 1.76. The van der Waals surface area contributed by atoms with E-state index >= 15 is 0 Å². The van der Waals surface area contributed by atoms with E-state index in [2.05, 4.69) is 16.0 Å². The monoisotopic (exact) mass is 294 g/mol. The maximum absolute atomic E-state index is 11.7. The minimum atomic E-state index is -0.477. The van der Waals surface area contributed by atoms with Crippen molar-refractivity contribution in [3.8, 4) is 0 Å². The lowest BCUT2D eigenvalue weighted by Gasteiger charge is -2.09. The first-order chi connectivity index (χ1) is 10.1. The van der Waals surface area contributed by atoms with Crippen molar-refractivity contribution < 1.29 is 9.72 Å². The molecule has 1 aromatic carbocycles. The molecule has 116 valence electrons. The van der Waals surface area contributed by atoms with Gasteiger partial charge in [-0.15, -0.1) is 0 Å². The standard InChI is InChI=1S/C14H22N4O3/c1-3-15-8-5-9-17-12-7-6-11(14(19)16-4-2)10-13(12)18(20)21/h6-7,10,15,17H,3-5,8-9H2,1-2H3,(H,16,19). The Morgan fingerprint density at radius 2 is 2.00 bits per heavy atom. The molecule has 0 aliphatic heterocycles. The van der Waals surface area contributed by atoms with Crippen molar-refractivity contribution >= 4 is 17.3 Å². The van der Waals surface area contributed by atoms with Crippen LogP contribution in [0.5, 0.6) is 0 Å². The molecule has 0 heterocycles. The van der Waals surface area contributed by atoms with Crippen molar-refractivity contribution in [2.75, 3.05) is 31.5 Å². The molecule has 0 saturated carbocycles. The maximum Gasteiger partial charge on any atom is 0.293 e. The van der Waals surface area contributed by atoms with Crippen LogP contribution in [0.3, 0.4) is 0 Å². The van der Waals surface area contributed by atoms with Gasteiger partial charge in [-0.1, -0.05) is 6.92 Å². The lowest BCUT2D eigenvalue weighted by atomic mass is 10.1. The summed E-state index contributed by atoms with van der Waals surface area (Å²) in [7, 11) is 0. The summed E-state index contributed by atoms with van der Waals surface area (Å²) in [6.07, 6.45) is 0.864. The lowest BCUT2D eigenvalue weighted by Crippen LogP contribution is -2.22. The number of nitro benzene ring substituents is 1. The highest BCUT2D eigenvalue weighted by atomic mass is 16.6.